The zero-order valence-electron chi connectivity index (χ0n) is 12.7. The van der Waals surface area contributed by atoms with Gasteiger partial charge in [0, 0.05) is 12.1 Å². The molecule has 1 aliphatic rings. The van der Waals surface area contributed by atoms with E-state index in [0.717, 1.165) is 12.5 Å². The Hall–Kier alpha value is -2.22. The van der Waals surface area contributed by atoms with Gasteiger partial charge in [0.05, 0.1) is 7.11 Å². The van der Waals surface area contributed by atoms with Crippen LogP contribution in [0.5, 0.6) is 11.5 Å². The molecule has 2 rings (SSSR count). The SMILES string of the molecule is C#CCOc1c(F)cc(C(=O)NCCC2CCC2)cc1OC. The first-order valence-corrected chi connectivity index (χ1v) is 7.37. The number of terminal acetylenes is 1. The summed E-state index contributed by atoms with van der Waals surface area (Å²) in [6, 6.07) is 2.58. The number of benzene rings is 1. The van der Waals surface area contributed by atoms with E-state index in [0.29, 0.717) is 12.5 Å². The zero-order chi connectivity index (χ0) is 15.9. The molecule has 0 unspecified atom stereocenters. The van der Waals surface area contributed by atoms with E-state index in [1.54, 1.807) is 0 Å². The normalized spacial score (nSPS) is 13.9. The molecule has 0 radical (unpaired) electrons. The summed E-state index contributed by atoms with van der Waals surface area (Å²) in [5.41, 5.74) is 0.205. The van der Waals surface area contributed by atoms with Gasteiger partial charge in [-0.15, -0.1) is 6.42 Å². The number of carbonyl (C=O) groups excluding carboxylic acids is 1. The van der Waals surface area contributed by atoms with Crippen LogP contribution in [-0.2, 0) is 0 Å². The van der Waals surface area contributed by atoms with Crippen molar-refractivity contribution in [1.82, 2.24) is 5.32 Å². The van der Waals surface area contributed by atoms with Gasteiger partial charge in [0.15, 0.2) is 17.3 Å². The molecular weight excluding hydrogens is 285 g/mol. The minimum Gasteiger partial charge on any atom is -0.493 e. The molecule has 1 amide bonds. The summed E-state index contributed by atoms with van der Waals surface area (Å²) in [6.07, 6.45) is 9.81. The minimum atomic E-state index is -0.668. The summed E-state index contributed by atoms with van der Waals surface area (Å²) in [5.74, 6) is 2.06. The Balaban J connectivity index is 2.01. The Kier molecular flexibility index (Phi) is 5.65. The van der Waals surface area contributed by atoms with Crippen molar-refractivity contribution < 1.29 is 18.7 Å². The standard InChI is InChI=1S/C17H20FNO3/c1-3-9-22-16-14(18)10-13(11-15(16)21-2)17(20)19-8-7-12-5-4-6-12/h1,10-12H,4-9H2,2H3,(H,19,20). The van der Waals surface area contributed by atoms with Crippen molar-refractivity contribution in [3.63, 3.8) is 0 Å². The number of ether oxygens (including phenoxy) is 2. The molecule has 0 aromatic heterocycles. The lowest BCUT2D eigenvalue weighted by Gasteiger charge is -2.25. The van der Waals surface area contributed by atoms with Crippen molar-refractivity contribution in [2.24, 2.45) is 5.92 Å². The number of amides is 1. The summed E-state index contributed by atoms with van der Waals surface area (Å²) in [4.78, 5) is 12.1. The highest BCUT2D eigenvalue weighted by molar-refractivity contribution is 5.94. The highest BCUT2D eigenvalue weighted by Crippen LogP contribution is 2.32. The Morgan fingerprint density at radius 1 is 1.50 bits per heavy atom. The molecule has 0 bridgehead atoms. The minimum absolute atomic E-state index is 0.0692. The number of halogens is 1. The maximum Gasteiger partial charge on any atom is 0.251 e. The summed E-state index contributed by atoms with van der Waals surface area (Å²) < 4.78 is 24.2. The van der Waals surface area contributed by atoms with Gasteiger partial charge in [-0.05, 0) is 24.5 Å². The van der Waals surface area contributed by atoms with Crippen molar-refractivity contribution >= 4 is 5.91 Å². The monoisotopic (exact) mass is 305 g/mol. The lowest BCUT2D eigenvalue weighted by molar-refractivity contribution is 0.0948. The van der Waals surface area contributed by atoms with Gasteiger partial charge in [-0.25, -0.2) is 4.39 Å². The van der Waals surface area contributed by atoms with Gasteiger partial charge in [0.25, 0.3) is 5.91 Å². The van der Waals surface area contributed by atoms with Crippen LogP contribution in [0.4, 0.5) is 4.39 Å². The van der Waals surface area contributed by atoms with Crippen molar-refractivity contribution in [2.45, 2.75) is 25.7 Å². The fourth-order valence-corrected chi connectivity index (χ4v) is 2.38. The van der Waals surface area contributed by atoms with Crippen LogP contribution >= 0.6 is 0 Å². The number of hydrogen-bond donors (Lipinski definition) is 1. The van der Waals surface area contributed by atoms with Crippen LogP contribution in [0.1, 0.15) is 36.0 Å². The Morgan fingerprint density at radius 2 is 2.27 bits per heavy atom. The van der Waals surface area contributed by atoms with E-state index in [9.17, 15) is 9.18 Å². The van der Waals surface area contributed by atoms with Gasteiger partial charge in [-0.3, -0.25) is 4.79 Å². The van der Waals surface area contributed by atoms with Crippen LogP contribution in [0.3, 0.4) is 0 Å². The van der Waals surface area contributed by atoms with Gasteiger partial charge < -0.3 is 14.8 Å². The van der Waals surface area contributed by atoms with Crippen LogP contribution in [0, 0.1) is 24.1 Å². The van der Waals surface area contributed by atoms with Crippen LogP contribution in [-0.4, -0.2) is 26.2 Å². The van der Waals surface area contributed by atoms with E-state index >= 15 is 0 Å². The van der Waals surface area contributed by atoms with Gasteiger partial charge in [-0.1, -0.05) is 25.2 Å². The van der Waals surface area contributed by atoms with Crippen molar-refractivity contribution in [1.29, 1.82) is 0 Å². The third-order valence-corrected chi connectivity index (χ3v) is 3.85. The lowest BCUT2D eigenvalue weighted by atomic mass is 9.83. The highest BCUT2D eigenvalue weighted by atomic mass is 19.1. The van der Waals surface area contributed by atoms with Crippen LogP contribution in [0.15, 0.2) is 12.1 Å². The highest BCUT2D eigenvalue weighted by Gasteiger charge is 2.19. The molecule has 0 aliphatic heterocycles. The molecule has 0 spiro atoms. The first-order valence-electron chi connectivity index (χ1n) is 7.37. The first-order chi connectivity index (χ1) is 10.7. The van der Waals surface area contributed by atoms with Crippen molar-refractivity contribution in [3.05, 3.63) is 23.5 Å². The fraction of sp³-hybridized carbons (Fsp3) is 0.471. The van der Waals surface area contributed by atoms with Gasteiger partial charge in [0.2, 0.25) is 0 Å². The van der Waals surface area contributed by atoms with E-state index in [-0.39, 0.29) is 29.6 Å². The summed E-state index contributed by atoms with van der Waals surface area (Å²) in [7, 11) is 1.38. The maximum absolute atomic E-state index is 14.0. The summed E-state index contributed by atoms with van der Waals surface area (Å²) in [6.45, 7) is 0.531. The van der Waals surface area contributed by atoms with Gasteiger partial charge in [0.1, 0.15) is 6.61 Å². The van der Waals surface area contributed by atoms with Crippen molar-refractivity contribution in [3.8, 4) is 23.8 Å². The number of carbonyl (C=O) groups is 1. The molecule has 4 nitrogen and oxygen atoms in total. The largest absolute Gasteiger partial charge is 0.493 e. The molecule has 1 N–H and O–H groups in total. The molecule has 0 heterocycles. The number of nitrogens with one attached hydrogen (secondary N) is 1. The molecule has 1 fully saturated rings. The van der Waals surface area contributed by atoms with E-state index in [1.807, 2.05) is 0 Å². The Morgan fingerprint density at radius 3 is 2.86 bits per heavy atom. The van der Waals surface area contributed by atoms with E-state index in [2.05, 4.69) is 11.2 Å². The second kappa shape index (κ2) is 7.69. The lowest BCUT2D eigenvalue weighted by Crippen LogP contribution is -2.27. The molecule has 1 aromatic carbocycles. The smallest absolute Gasteiger partial charge is 0.251 e. The quantitative estimate of drug-likeness (QED) is 0.788. The second-order valence-corrected chi connectivity index (χ2v) is 5.32. The zero-order valence-corrected chi connectivity index (χ0v) is 12.7. The van der Waals surface area contributed by atoms with Gasteiger partial charge in [-0.2, -0.15) is 0 Å². The topological polar surface area (TPSA) is 47.6 Å². The fourth-order valence-electron chi connectivity index (χ4n) is 2.38. The Bertz CT molecular complexity index is 576. The summed E-state index contributed by atoms with van der Waals surface area (Å²) in [5, 5.41) is 2.80. The number of hydrogen-bond acceptors (Lipinski definition) is 3. The average Bonchev–Trinajstić information content (AvgIpc) is 2.47. The molecule has 1 aromatic rings. The predicted octanol–water partition coefficient (Wildman–Crippen LogP) is 2.77. The number of methoxy groups -OCH3 is 1. The Labute approximate surface area is 130 Å². The molecule has 1 saturated carbocycles. The first kappa shape index (κ1) is 16.2. The van der Waals surface area contributed by atoms with Crippen molar-refractivity contribution in [2.75, 3.05) is 20.3 Å². The second-order valence-electron chi connectivity index (χ2n) is 5.32. The molecule has 118 valence electrons. The molecule has 0 saturated heterocycles. The van der Waals surface area contributed by atoms with Crippen LogP contribution < -0.4 is 14.8 Å². The molecule has 22 heavy (non-hydrogen) atoms. The molecule has 0 atom stereocenters. The third kappa shape index (κ3) is 3.91. The third-order valence-electron chi connectivity index (χ3n) is 3.85. The van der Waals surface area contributed by atoms with Crippen LogP contribution in [0.2, 0.25) is 0 Å². The average molecular weight is 305 g/mol. The van der Waals surface area contributed by atoms with Gasteiger partial charge >= 0.3 is 0 Å². The van der Waals surface area contributed by atoms with E-state index in [1.165, 1.54) is 32.4 Å². The molecular formula is C17H20FNO3. The maximum atomic E-state index is 14.0. The molecule has 1 aliphatic carbocycles. The molecule has 5 heteroatoms. The van der Waals surface area contributed by atoms with Crippen LogP contribution in [0.25, 0.3) is 0 Å². The van der Waals surface area contributed by atoms with E-state index < -0.39 is 5.82 Å². The van der Waals surface area contributed by atoms with E-state index in [4.69, 9.17) is 15.9 Å². The summed E-state index contributed by atoms with van der Waals surface area (Å²) >= 11 is 0. The predicted molar refractivity (Wildman–Crippen MR) is 81.6 cm³/mol. The number of rotatable bonds is 7.